The van der Waals surface area contributed by atoms with Crippen LogP contribution in [0, 0.1) is 5.92 Å². The summed E-state index contributed by atoms with van der Waals surface area (Å²) in [6.07, 6.45) is 0.826. The fourth-order valence-electron chi connectivity index (χ4n) is 2.95. The van der Waals surface area contributed by atoms with Gasteiger partial charge in [0.05, 0.1) is 18.4 Å². The molecule has 3 rings (SSSR count). The Hall–Kier alpha value is -2.01. The average Bonchev–Trinajstić information content (AvgIpc) is 2.90. The molecule has 0 spiro atoms. The molecule has 0 aliphatic carbocycles. The third kappa shape index (κ3) is 2.27. The van der Waals surface area contributed by atoms with E-state index in [1.807, 2.05) is 6.92 Å². The second-order valence-electron chi connectivity index (χ2n) is 5.64. The maximum atomic E-state index is 12.5. The molecule has 2 unspecified atom stereocenters. The fraction of sp³-hybridized carbons (Fsp3) is 0.438. The van der Waals surface area contributed by atoms with E-state index in [0.717, 1.165) is 4.90 Å². The highest BCUT2D eigenvalue weighted by molar-refractivity contribution is 6.11. The molecule has 21 heavy (non-hydrogen) atoms. The molecule has 1 aromatic carbocycles. The highest BCUT2D eigenvalue weighted by Gasteiger charge is 2.33. The van der Waals surface area contributed by atoms with E-state index in [0.29, 0.717) is 29.7 Å². The van der Waals surface area contributed by atoms with E-state index >= 15 is 0 Å². The summed E-state index contributed by atoms with van der Waals surface area (Å²) in [5.74, 6) is -0.702. The number of benzene rings is 1. The Morgan fingerprint density at radius 3 is 2.76 bits per heavy atom. The van der Waals surface area contributed by atoms with E-state index in [2.05, 4.69) is 0 Å². The lowest BCUT2D eigenvalue weighted by molar-refractivity contribution is -0.127. The second-order valence-corrected chi connectivity index (χ2v) is 5.64. The van der Waals surface area contributed by atoms with E-state index in [1.54, 1.807) is 18.2 Å². The van der Waals surface area contributed by atoms with E-state index in [1.165, 1.54) is 7.05 Å². The van der Waals surface area contributed by atoms with Crippen LogP contribution >= 0.6 is 0 Å². The Morgan fingerprint density at radius 2 is 2.10 bits per heavy atom. The molecule has 0 radical (unpaired) electrons. The number of Topliss-reactive ketones (excluding diaryl/α,β-unsaturated/α-hetero) is 1. The molecular formula is C16H17NO4. The van der Waals surface area contributed by atoms with Gasteiger partial charge in [-0.25, -0.2) is 0 Å². The molecule has 1 saturated heterocycles. The molecule has 0 aromatic heterocycles. The van der Waals surface area contributed by atoms with E-state index in [-0.39, 0.29) is 36.0 Å². The first-order chi connectivity index (χ1) is 9.99. The molecule has 0 N–H and O–H groups in total. The zero-order chi connectivity index (χ0) is 15.1. The third-order valence-electron chi connectivity index (χ3n) is 4.36. The lowest BCUT2D eigenvalue weighted by Crippen LogP contribution is -2.39. The SMILES string of the molecule is CC1OCCC1C(=O)c1ccc2c(c1)C(=O)N(C)C(=O)C2. The molecule has 5 heteroatoms. The molecular weight excluding hydrogens is 270 g/mol. The van der Waals surface area contributed by atoms with Gasteiger partial charge in [0, 0.05) is 24.8 Å². The average molecular weight is 287 g/mol. The summed E-state index contributed by atoms with van der Waals surface area (Å²) in [7, 11) is 1.47. The van der Waals surface area contributed by atoms with Crippen LogP contribution in [0.15, 0.2) is 18.2 Å². The largest absolute Gasteiger partial charge is 0.378 e. The van der Waals surface area contributed by atoms with Crippen molar-refractivity contribution in [3.8, 4) is 0 Å². The molecule has 0 bridgehead atoms. The van der Waals surface area contributed by atoms with Gasteiger partial charge in [-0.1, -0.05) is 12.1 Å². The van der Waals surface area contributed by atoms with E-state index in [9.17, 15) is 14.4 Å². The molecule has 2 atom stereocenters. The van der Waals surface area contributed by atoms with Crippen LogP contribution in [0.5, 0.6) is 0 Å². The van der Waals surface area contributed by atoms with Crippen molar-refractivity contribution in [1.29, 1.82) is 0 Å². The van der Waals surface area contributed by atoms with Gasteiger partial charge in [0.1, 0.15) is 0 Å². The van der Waals surface area contributed by atoms with Gasteiger partial charge in [0.15, 0.2) is 5.78 Å². The van der Waals surface area contributed by atoms with Crippen LogP contribution in [0.1, 0.15) is 39.6 Å². The number of likely N-dealkylation sites (N-methyl/N-ethyl adjacent to an activating group) is 1. The lowest BCUT2D eigenvalue weighted by Gasteiger charge is -2.23. The maximum absolute atomic E-state index is 12.5. The molecule has 2 aliphatic rings. The molecule has 1 aromatic rings. The van der Waals surface area contributed by atoms with Crippen molar-refractivity contribution >= 4 is 17.6 Å². The molecule has 1 fully saturated rings. The van der Waals surface area contributed by atoms with Crippen LogP contribution in [0.3, 0.4) is 0 Å². The first-order valence-electron chi connectivity index (χ1n) is 7.08. The lowest BCUT2D eigenvalue weighted by atomic mass is 9.89. The number of imide groups is 1. The minimum absolute atomic E-state index is 0.00940. The summed E-state index contributed by atoms with van der Waals surface area (Å²) in [5.41, 5.74) is 1.66. The smallest absolute Gasteiger partial charge is 0.260 e. The van der Waals surface area contributed by atoms with Crippen molar-refractivity contribution in [2.75, 3.05) is 13.7 Å². The third-order valence-corrected chi connectivity index (χ3v) is 4.36. The number of ketones is 1. The number of carbonyl (C=O) groups is 3. The number of hydrogen-bond acceptors (Lipinski definition) is 4. The summed E-state index contributed by atoms with van der Waals surface area (Å²) in [5, 5.41) is 0. The Kier molecular flexibility index (Phi) is 3.37. The van der Waals surface area contributed by atoms with Crippen LogP contribution in [-0.2, 0) is 16.0 Å². The Morgan fingerprint density at radius 1 is 1.33 bits per heavy atom. The number of rotatable bonds is 2. The van der Waals surface area contributed by atoms with Gasteiger partial charge in [0.25, 0.3) is 5.91 Å². The molecule has 0 saturated carbocycles. The van der Waals surface area contributed by atoms with Crippen LogP contribution in [0.25, 0.3) is 0 Å². The summed E-state index contributed by atoms with van der Waals surface area (Å²) >= 11 is 0. The Labute approximate surface area is 122 Å². The molecule has 5 nitrogen and oxygen atoms in total. The predicted molar refractivity (Wildman–Crippen MR) is 75.1 cm³/mol. The van der Waals surface area contributed by atoms with Gasteiger partial charge in [-0.15, -0.1) is 0 Å². The van der Waals surface area contributed by atoms with Crippen molar-refractivity contribution in [1.82, 2.24) is 4.90 Å². The summed E-state index contributed by atoms with van der Waals surface area (Å²) < 4.78 is 5.43. The number of amides is 2. The quantitative estimate of drug-likeness (QED) is 0.610. The minimum Gasteiger partial charge on any atom is -0.378 e. The van der Waals surface area contributed by atoms with Gasteiger partial charge >= 0.3 is 0 Å². The van der Waals surface area contributed by atoms with Crippen LogP contribution < -0.4 is 0 Å². The highest BCUT2D eigenvalue weighted by Crippen LogP contribution is 2.27. The molecule has 110 valence electrons. The summed E-state index contributed by atoms with van der Waals surface area (Å²) in [4.78, 5) is 37.4. The fourth-order valence-corrected chi connectivity index (χ4v) is 2.95. The predicted octanol–water partition coefficient (Wildman–Crippen LogP) is 1.45. The topological polar surface area (TPSA) is 63.7 Å². The monoisotopic (exact) mass is 287 g/mol. The van der Waals surface area contributed by atoms with Gasteiger partial charge in [-0.2, -0.15) is 0 Å². The Balaban J connectivity index is 1.94. The maximum Gasteiger partial charge on any atom is 0.260 e. The number of ether oxygens (including phenoxy) is 1. The first kappa shape index (κ1) is 13.9. The Bertz CT molecular complexity index is 637. The number of carbonyl (C=O) groups excluding carboxylic acids is 3. The van der Waals surface area contributed by atoms with Crippen LogP contribution in [0.2, 0.25) is 0 Å². The highest BCUT2D eigenvalue weighted by atomic mass is 16.5. The normalized spacial score (nSPS) is 25.1. The zero-order valence-corrected chi connectivity index (χ0v) is 12.1. The van der Waals surface area contributed by atoms with E-state index < -0.39 is 0 Å². The van der Waals surface area contributed by atoms with Crippen molar-refractivity contribution in [3.05, 3.63) is 34.9 Å². The number of nitrogens with zero attached hydrogens (tertiary/aromatic N) is 1. The summed E-state index contributed by atoms with van der Waals surface area (Å²) in [6.45, 7) is 2.49. The van der Waals surface area contributed by atoms with Crippen molar-refractivity contribution in [2.24, 2.45) is 5.92 Å². The first-order valence-corrected chi connectivity index (χ1v) is 7.08. The number of fused-ring (bicyclic) bond motifs is 1. The molecule has 2 heterocycles. The minimum atomic E-state index is -0.341. The van der Waals surface area contributed by atoms with Gasteiger partial charge < -0.3 is 4.74 Å². The molecule has 2 amide bonds. The van der Waals surface area contributed by atoms with Crippen LogP contribution in [0.4, 0.5) is 0 Å². The van der Waals surface area contributed by atoms with Gasteiger partial charge in [-0.3, -0.25) is 19.3 Å². The van der Waals surface area contributed by atoms with Crippen molar-refractivity contribution in [3.63, 3.8) is 0 Å². The number of hydrogen-bond donors (Lipinski definition) is 0. The molecule has 2 aliphatic heterocycles. The van der Waals surface area contributed by atoms with Crippen molar-refractivity contribution < 1.29 is 19.1 Å². The van der Waals surface area contributed by atoms with Crippen molar-refractivity contribution in [2.45, 2.75) is 25.9 Å². The van der Waals surface area contributed by atoms with Gasteiger partial charge in [-0.05, 0) is 25.0 Å². The van der Waals surface area contributed by atoms with Gasteiger partial charge in [0.2, 0.25) is 5.91 Å². The van der Waals surface area contributed by atoms with E-state index in [4.69, 9.17) is 4.74 Å². The summed E-state index contributed by atoms with van der Waals surface area (Å²) in [6, 6.07) is 5.04. The second kappa shape index (κ2) is 5.07. The standard InChI is InChI=1S/C16H17NO4/c1-9-12(5-6-21-9)15(19)11-4-3-10-8-14(18)17(2)16(20)13(10)7-11/h3-4,7,9,12H,5-6,8H2,1-2H3. The van der Waals surface area contributed by atoms with Crippen LogP contribution in [-0.4, -0.2) is 42.3 Å². The zero-order valence-electron chi connectivity index (χ0n) is 12.1.